The number of rotatable bonds is 2. The Hall–Kier alpha value is -1.64. The minimum absolute atomic E-state index is 0.256. The normalized spacial score (nSPS) is 9.89. The molecule has 0 atom stereocenters. The first kappa shape index (κ1) is 12.8. The van der Waals surface area contributed by atoms with Crippen molar-refractivity contribution in [2.45, 2.75) is 0 Å². The Bertz CT molecular complexity index is 599. The number of nitriles is 1. The van der Waals surface area contributed by atoms with Gasteiger partial charge in [-0.25, -0.2) is 9.37 Å². The van der Waals surface area contributed by atoms with Crippen molar-refractivity contribution in [2.75, 3.05) is 5.32 Å². The fourth-order valence-corrected chi connectivity index (χ4v) is 2.24. The second-order valence-electron chi connectivity index (χ2n) is 3.41. The van der Waals surface area contributed by atoms with E-state index in [0.717, 1.165) is 0 Å². The summed E-state index contributed by atoms with van der Waals surface area (Å²) < 4.78 is 13.6. The second kappa shape index (κ2) is 5.34. The van der Waals surface area contributed by atoms with Gasteiger partial charge in [0.25, 0.3) is 0 Å². The molecule has 2 aromatic rings. The first-order valence-electron chi connectivity index (χ1n) is 4.88. The summed E-state index contributed by atoms with van der Waals surface area (Å²) in [5, 5.41) is 11.9. The summed E-state index contributed by atoms with van der Waals surface area (Å²) in [6.45, 7) is 0. The molecule has 3 nitrogen and oxygen atoms in total. The van der Waals surface area contributed by atoms with Gasteiger partial charge in [0.15, 0.2) is 0 Å². The van der Waals surface area contributed by atoms with E-state index in [1.54, 1.807) is 12.1 Å². The van der Waals surface area contributed by atoms with Gasteiger partial charge in [0, 0.05) is 4.47 Å². The average Bonchev–Trinajstić information content (AvgIpc) is 2.34. The molecular weight excluding hydrogens is 321 g/mol. The van der Waals surface area contributed by atoms with E-state index in [2.05, 4.69) is 26.2 Å². The Morgan fingerprint density at radius 2 is 2.17 bits per heavy atom. The van der Waals surface area contributed by atoms with Crippen LogP contribution in [0.25, 0.3) is 0 Å². The van der Waals surface area contributed by atoms with Crippen LogP contribution in [0.5, 0.6) is 0 Å². The maximum atomic E-state index is 13.1. The van der Waals surface area contributed by atoms with Gasteiger partial charge in [-0.05, 0) is 40.2 Å². The highest BCUT2D eigenvalue weighted by Gasteiger charge is 2.08. The highest BCUT2D eigenvalue weighted by molar-refractivity contribution is 9.10. The fraction of sp³-hybridized carbons (Fsp3) is 0. The number of nitrogens with one attached hydrogen (secondary N) is 1. The predicted octanol–water partition coefficient (Wildman–Crippen LogP) is 4.25. The summed E-state index contributed by atoms with van der Waals surface area (Å²) in [5.41, 5.74) is 1.53. The molecule has 0 bridgehead atoms. The lowest BCUT2D eigenvalue weighted by atomic mass is 10.3. The highest BCUT2D eigenvalue weighted by atomic mass is 79.9. The quantitative estimate of drug-likeness (QED) is 0.897. The first-order chi connectivity index (χ1) is 8.60. The predicted molar refractivity (Wildman–Crippen MR) is 71.3 cm³/mol. The van der Waals surface area contributed by atoms with Gasteiger partial charge in [0.05, 0.1) is 22.6 Å². The average molecular weight is 327 g/mol. The number of pyridine rings is 1. The van der Waals surface area contributed by atoms with E-state index < -0.39 is 5.82 Å². The molecule has 90 valence electrons. The molecule has 0 saturated heterocycles. The Kier molecular flexibility index (Phi) is 3.80. The molecule has 0 amide bonds. The van der Waals surface area contributed by atoms with Gasteiger partial charge in [-0.1, -0.05) is 11.6 Å². The fourth-order valence-electron chi connectivity index (χ4n) is 1.34. The Morgan fingerprint density at radius 3 is 2.72 bits per heavy atom. The largest absolute Gasteiger partial charge is 0.352 e. The molecule has 1 aromatic carbocycles. The molecule has 0 fully saturated rings. The molecule has 0 unspecified atom stereocenters. The molecule has 0 aliphatic heterocycles. The number of aromatic nitrogens is 1. The zero-order valence-electron chi connectivity index (χ0n) is 8.92. The van der Waals surface area contributed by atoms with Gasteiger partial charge >= 0.3 is 0 Å². The van der Waals surface area contributed by atoms with Gasteiger partial charge in [-0.2, -0.15) is 5.26 Å². The van der Waals surface area contributed by atoms with E-state index in [0.29, 0.717) is 21.5 Å². The van der Waals surface area contributed by atoms with E-state index in [4.69, 9.17) is 16.9 Å². The zero-order chi connectivity index (χ0) is 13.1. The van der Waals surface area contributed by atoms with Crippen LogP contribution in [0.3, 0.4) is 0 Å². The van der Waals surface area contributed by atoms with Crippen molar-refractivity contribution < 1.29 is 4.39 Å². The molecule has 0 aliphatic rings. The maximum absolute atomic E-state index is 13.1. The van der Waals surface area contributed by atoms with Crippen LogP contribution in [-0.2, 0) is 0 Å². The highest BCUT2D eigenvalue weighted by Crippen LogP contribution is 2.33. The third kappa shape index (κ3) is 2.78. The molecule has 0 spiro atoms. The van der Waals surface area contributed by atoms with Crippen LogP contribution < -0.4 is 5.32 Å². The van der Waals surface area contributed by atoms with Crippen molar-refractivity contribution in [3.8, 4) is 6.07 Å². The molecule has 1 N–H and O–H groups in total. The van der Waals surface area contributed by atoms with E-state index in [1.807, 2.05) is 6.07 Å². The van der Waals surface area contributed by atoms with Crippen LogP contribution >= 0.6 is 27.5 Å². The third-order valence-corrected chi connectivity index (χ3v) is 3.08. The monoisotopic (exact) mass is 325 g/mol. The van der Waals surface area contributed by atoms with E-state index in [-0.39, 0.29) is 5.02 Å². The number of anilines is 2. The van der Waals surface area contributed by atoms with Gasteiger partial charge in [-0.15, -0.1) is 0 Å². The topological polar surface area (TPSA) is 48.7 Å². The van der Waals surface area contributed by atoms with Crippen LogP contribution in [0.2, 0.25) is 5.02 Å². The molecule has 1 heterocycles. The summed E-state index contributed by atoms with van der Waals surface area (Å²) in [6, 6.07) is 7.72. The van der Waals surface area contributed by atoms with Crippen molar-refractivity contribution in [3.05, 3.63) is 51.5 Å². The lowest BCUT2D eigenvalue weighted by molar-refractivity contribution is 0.627. The number of hydrogen-bond donors (Lipinski definition) is 1. The first-order valence-corrected chi connectivity index (χ1v) is 6.05. The maximum Gasteiger partial charge on any atom is 0.140 e. The third-order valence-electron chi connectivity index (χ3n) is 2.15. The van der Waals surface area contributed by atoms with Crippen molar-refractivity contribution in [2.24, 2.45) is 0 Å². The Balaban J connectivity index is 2.31. The summed E-state index contributed by atoms with van der Waals surface area (Å²) in [6.07, 6.45) is 1.50. The number of halogens is 3. The molecular formula is C12H6BrClFN3. The molecule has 0 saturated carbocycles. The Labute approximate surface area is 116 Å². The van der Waals surface area contributed by atoms with Crippen LogP contribution in [0, 0.1) is 17.1 Å². The number of nitrogens with zero attached hydrogens (tertiary/aromatic N) is 2. The molecule has 2 rings (SSSR count). The van der Waals surface area contributed by atoms with Crippen LogP contribution in [0.15, 0.2) is 34.9 Å². The van der Waals surface area contributed by atoms with Gasteiger partial charge < -0.3 is 5.32 Å². The summed E-state index contributed by atoms with van der Waals surface area (Å²) in [7, 11) is 0. The number of hydrogen-bond acceptors (Lipinski definition) is 3. The van der Waals surface area contributed by atoms with Crippen molar-refractivity contribution in [3.63, 3.8) is 0 Å². The minimum Gasteiger partial charge on any atom is -0.352 e. The Morgan fingerprint density at radius 1 is 1.39 bits per heavy atom. The second-order valence-corrected chi connectivity index (χ2v) is 4.67. The van der Waals surface area contributed by atoms with Crippen LogP contribution in [0.4, 0.5) is 15.8 Å². The number of benzene rings is 1. The molecule has 6 heteroatoms. The summed E-state index contributed by atoms with van der Waals surface area (Å²) in [4.78, 5) is 3.91. The van der Waals surface area contributed by atoms with E-state index in [1.165, 1.54) is 18.3 Å². The van der Waals surface area contributed by atoms with Crippen molar-refractivity contribution in [1.82, 2.24) is 4.98 Å². The molecule has 0 aliphatic carbocycles. The summed E-state index contributed by atoms with van der Waals surface area (Å²) >= 11 is 9.16. The van der Waals surface area contributed by atoms with E-state index >= 15 is 0 Å². The lowest BCUT2D eigenvalue weighted by Gasteiger charge is -2.10. The van der Waals surface area contributed by atoms with Crippen molar-refractivity contribution in [1.29, 1.82) is 5.26 Å². The van der Waals surface area contributed by atoms with E-state index in [9.17, 15) is 4.39 Å². The van der Waals surface area contributed by atoms with Crippen molar-refractivity contribution >= 4 is 38.9 Å². The van der Waals surface area contributed by atoms with Crippen LogP contribution in [-0.4, -0.2) is 4.98 Å². The van der Waals surface area contributed by atoms with Gasteiger partial charge in [-0.3, -0.25) is 0 Å². The summed E-state index contributed by atoms with van der Waals surface area (Å²) in [5.74, 6) is -0.421. The SMILES string of the molecule is N#Cc1ccc(Nc2c(Cl)cc(F)cc2Br)cn1. The molecule has 0 radical (unpaired) electrons. The standard InChI is InChI=1S/C12H6BrClFN3/c13-10-3-7(15)4-11(14)12(10)18-9-2-1-8(5-16)17-6-9/h1-4,6,18H. The van der Waals surface area contributed by atoms with Crippen LogP contribution in [0.1, 0.15) is 5.69 Å². The van der Waals surface area contributed by atoms with Gasteiger partial charge in [0.1, 0.15) is 17.6 Å². The zero-order valence-corrected chi connectivity index (χ0v) is 11.3. The smallest absolute Gasteiger partial charge is 0.140 e. The minimum atomic E-state index is -0.421. The van der Waals surface area contributed by atoms with Gasteiger partial charge in [0.2, 0.25) is 0 Å². The molecule has 1 aromatic heterocycles. The lowest BCUT2D eigenvalue weighted by Crippen LogP contribution is -1.95. The molecule has 18 heavy (non-hydrogen) atoms.